The average Bonchev–Trinajstić information content (AvgIpc) is 2.27. The zero-order chi connectivity index (χ0) is 13.9. The Morgan fingerprint density at radius 2 is 1.94 bits per heavy atom. The first-order valence-electron chi connectivity index (χ1n) is 5.28. The predicted octanol–water partition coefficient (Wildman–Crippen LogP) is 1.28. The van der Waals surface area contributed by atoms with Gasteiger partial charge >= 0.3 is 5.97 Å². The number of benzene rings is 1. The molecule has 6 heteroatoms. The normalized spacial score (nSPS) is 13.0. The number of carbonyl (C=O) groups is 2. The van der Waals surface area contributed by atoms with Gasteiger partial charge in [-0.3, -0.25) is 4.79 Å². The molecular formula is C12H14O5S. The van der Waals surface area contributed by atoms with Crippen molar-refractivity contribution >= 4 is 21.6 Å². The van der Waals surface area contributed by atoms with Crippen LogP contribution in [0.25, 0.3) is 0 Å². The van der Waals surface area contributed by atoms with E-state index < -0.39 is 26.8 Å². The molecule has 1 N–H and O–H groups in total. The zero-order valence-electron chi connectivity index (χ0n) is 10.1. The van der Waals surface area contributed by atoms with Crippen LogP contribution in [0, 0.1) is 0 Å². The molecule has 0 heterocycles. The van der Waals surface area contributed by atoms with Crippen LogP contribution in [0.1, 0.15) is 29.8 Å². The number of carboxylic acid groups (broad SMARTS) is 1. The van der Waals surface area contributed by atoms with E-state index >= 15 is 0 Å². The molecule has 0 saturated carbocycles. The third-order valence-corrected chi connectivity index (χ3v) is 4.80. The van der Waals surface area contributed by atoms with Gasteiger partial charge in [0.05, 0.1) is 11.3 Å². The molecule has 1 unspecified atom stereocenters. The number of sulfone groups is 1. The number of hydrogen-bond acceptors (Lipinski definition) is 4. The zero-order valence-corrected chi connectivity index (χ0v) is 10.9. The monoisotopic (exact) mass is 270 g/mol. The Balaban J connectivity index is 3.01. The summed E-state index contributed by atoms with van der Waals surface area (Å²) in [5.74, 6) is -1.88. The summed E-state index contributed by atoms with van der Waals surface area (Å²) >= 11 is 0. The lowest BCUT2D eigenvalue weighted by atomic mass is 10.1. The molecule has 0 aromatic heterocycles. The van der Waals surface area contributed by atoms with Gasteiger partial charge in [0.2, 0.25) is 0 Å². The van der Waals surface area contributed by atoms with Crippen LogP contribution >= 0.6 is 0 Å². The molecule has 0 bridgehead atoms. The van der Waals surface area contributed by atoms with Gasteiger partial charge in [-0.1, -0.05) is 12.1 Å². The molecule has 1 aromatic rings. The van der Waals surface area contributed by atoms with E-state index in [1.54, 1.807) is 0 Å². The minimum absolute atomic E-state index is 0.0261. The molecule has 98 valence electrons. The number of ketones is 1. The van der Waals surface area contributed by atoms with Crippen molar-refractivity contribution in [3.8, 4) is 0 Å². The first kappa shape index (κ1) is 14.4. The predicted molar refractivity (Wildman–Crippen MR) is 66.2 cm³/mol. The lowest BCUT2D eigenvalue weighted by Crippen LogP contribution is -2.26. The highest BCUT2D eigenvalue weighted by Gasteiger charge is 2.25. The van der Waals surface area contributed by atoms with E-state index in [0.717, 1.165) is 0 Å². The van der Waals surface area contributed by atoms with Gasteiger partial charge in [0, 0.05) is 0 Å². The second-order valence-electron chi connectivity index (χ2n) is 4.07. The summed E-state index contributed by atoms with van der Waals surface area (Å²) < 4.78 is 23.7. The number of rotatable bonds is 5. The number of carboxylic acids is 1. The Hall–Kier alpha value is -1.69. The van der Waals surface area contributed by atoms with Gasteiger partial charge in [0.25, 0.3) is 0 Å². The fourth-order valence-corrected chi connectivity index (χ4v) is 2.80. The van der Waals surface area contributed by atoms with E-state index in [2.05, 4.69) is 0 Å². The Labute approximate surface area is 105 Å². The van der Waals surface area contributed by atoms with Crippen LogP contribution in [0.15, 0.2) is 24.3 Å². The molecule has 0 saturated heterocycles. The van der Waals surface area contributed by atoms with Crippen molar-refractivity contribution in [1.82, 2.24) is 0 Å². The van der Waals surface area contributed by atoms with E-state index in [-0.39, 0.29) is 11.3 Å². The minimum atomic E-state index is -3.60. The van der Waals surface area contributed by atoms with Crippen LogP contribution in [-0.2, 0) is 20.4 Å². The molecule has 0 aliphatic rings. The fourth-order valence-electron chi connectivity index (χ4n) is 1.40. The van der Waals surface area contributed by atoms with E-state index in [4.69, 9.17) is 5.11 Å². The number of carbonyl (C=O) groups excluding carboxylic acids is 1. The average molecular weight is 270 g/mol. The fraction of sp³-hybridized carbons (Fsp3) is 0.333. The van der Waals surface area contributed by atoms with Crippen LogP contribution in [0.4, 0.5) is 0 Å². The topological polar surface area (TPSA) is 88.5 Å². The highest BCUT2D eigenvalue weighted by molar-refractivity contribution is 7.92. The Morgan fingerprint density at radius 1 is 1.33 bits per heavy atom. The molecule has 5 nitrogen and oxygen atoms in total. The van der Waals surface area contributed by atoms with Crippen LogP contribution in [-0.4, -0.2) is 30.5 Å². The highest BCUT2D eigenvalue weighted by Crippen LogP contribution is 2.13. The van der Waals surface area contributed by atoms with Gasteiger partial charge in [-0.2, -0.15) is 0 Å². The van der Waals surface area contributed by atoms with Crippen molar-refractivity contribution in [2.75, 3.05) is 0 Å². The summed E-state index contributed by atoms with van der Waals surface area (Å²) in [6.45, 7) is 2.55. The van der Waals surface area contributed by atoms with Crippen LogP contribution in [0.5, 0.6) is 0 Å². The lowest BCUT2D eigenvalue weighted by molar-refractivity contribution is -0.116. The van der Waals surface area contributed by atoms with Crippen LogP contribution in [0.3, 0.4) is 0 Å². The lowest BCUT2D eigenvalue weighted by Gasteiger charge is -2.10. The summed E-state index contributed by atoms with van der Waals surface area (Å²) in [6, 6.07) is 5.68. The van der Waals surface area contributed by atoms with Crippen molar-refractivity contribution in [2.24, 2.45) is 0 Å². The molecule has 1 aromatic carbocycles. The maximum Gasteiger partial charge on any atom is 0.335 e. The molecule has 1 rings (SSSR count). The maximum atomic E-state index is 11.9. The first-order chi connectivity index (χ1) is 8.24. The van der Waals surface area contributed by atoms with Crippen LogP contribution in [0.2, 0.25) is 0 Å². The van der Waals surface area contributed by atoms with Crippen LogP contribution < -0.4 is 0 Å². The molecule has 0 spiro atoms. The molecule has 1 atom stereocenters. The summed E-state index contributed by atoms with van der Waals surface area (Å²) in [5, 5.41) is 7.72. The quantitative estimate of drug-likeness (QED) is 0.870. The summed E-state index contributed by atoms with van der Waals surface area (Å²) in [6.07, 6.45) is 0. The molecule has 0 radical (unpaired) electrons. The largest absolute Gasteiger partial charge is 0.478 e. The summed E-state index contributed by atoms with van der Waals surface area (Å²) in [7, 11) is -3.60. The number of aromatic carboxylic acids is 1. The van der Waals surface area contributed by atoms with Gasteiger partial charge in [-0.15, -0.1) is 0 Å². The molecular weight excluding hydrogens is 256 g/mol. The molecule has 0 aliphatic carbocycles. The summed E-state index contributed by atoms with van der Waals surface area (Å²) in [4.78, 5) is 21.8. The standard InChI is InChI=1S/C12H14O5S/c1-8(13)9(2)18(16,17)7-10-4-3-5-11(6-10)12(14)15/h3-6,9H,7H2,1-2H3,(H,14,15). The van der Waals surface area contributed by atoms with E-state index in [1.165, 1.54) is 38.1 Å². The van der Waals surface area contributed by atoms with E-state index in [9.17, 15) is 18.0 Å². The third-order valence-electron chi connectivity index (χ3n) is 2.65. The second kappa shape index (κ2) is 5.30. The smallest absolute Gasteiger partial charge is 0.335 e. The Morgan fingerprint density at radius 3 is 2.44 bits per heavy atom. The molecule has 0 aliphatic heterocycles. The first-order valence-corrected chi connectivity index (χ1v) is 7.00. The van der Waals surface area contributed by atoms with E-state index in [0.29, 0.717) is 5.56 Å². The van der Waals surface area contributed by atoms with Gasteiger partial charge in [0.15, 0.2) is 9.84 Å². The number of Topliss-reactive ketones (excluding diaryl/α,β-unsaturated/α-hetero) is 1. The van der Waals surface area contributed by atoms with Crippen molar-refractivity contribution in [3.63, 3.8) is 0 Å². The number of hydrogen-bond donors (Lipinski definition) is 1. The van der Waals surface area contributed by atoms with Gasteiger partial charge < -0.3 is 5.11 Å². The van der Waals surface area contributed by atoms with Crippen molar-refractivity contribution in [3.05, 3.63) is 35.4 Å². The Kier molecular flexibility index (Phi) is 4.24. The minimum Gasteiger partial charge on any atom is -0.478 e. The molecule has 0 amide bonds. The van der Waals surface area contributed by atoms with Crippen molar-refractivity contribution in [2.45, 2.75) is 24.9 Å². The molecule has 0 fully saturated rings. The highest BCUT2D eigenvalue weighted by atomic mass is 32.2. The Bertz CT molecular complexity index is 574. The third kappa shape index (κ3) is 3.40. The van der Waals surface area contributed by atoms with Gasteiger partial charge in [-0.05, 0) is 31.5 Å². The van der Waals surface area contributed by atoms with Crippen molar-refractivity contribution < 1.29 is 23.1 Å². The van der Waals surface area contributed by atoms with E-state index in [1.807, 2.05) is 0 Å². The molecule has 18 heavy (non-hydrogen) atoms. The summed E-state index contributed by atoms with van der Waals surface area (Å²) in [5.41, 5.74) is 0.390. The van der Waals surface area contributed by atoms with Crippen molar-refractivity contribution in [1.29, 1.82) is 0 Å². The second-order valence-corrected chi connectivity index (χ2v) is 6.39. The van der Waals surface area contributed by atoms with Gasteiger partial charge in [0.1, 0.15) is 11.0 Å². The van der Waals surface area contributed by atoms with Gasteiger partial charge in [-0.25, -0.2) is 13.2 Å². The SMILES string of the molecule is CC(=O)C(C)S(=O)(=O)Cc1cccc(C(=O)O)c1. The maximum absolute atomic E-state index is 11.9.